The van der Waals surface area contributed by atoms with Crippen LogP contribution in [0.15, 0.2) is 53.9 Å². The van der Waals surface area contributed by atoms with E-state index in [-0.39, 0.29) is 11.4 Å². The zero-order valence-corrected chi connectivity index (χ0v) is 16.3. The Kier molecular flexibility index (Phi) is 6.39. The first kappa shape index (κ1) is 19.9. The van der Waals surface area contributed by atoms with Crippen molar-refractivity contribution in [3.8, 4) is 17.2 Å². The van der Waals surface area contributed by atoms with Gasteiger partial charge in [0.25, 0.3) is 10.0 Å². The number of rotatable bonds is 8. The van der Waals surface area contributed by atoms with Gasteiger partial charge in [0.1, 0.15) is 5.75 Å². The van der Waals surface area contributed by atoms with Crippen molar-refractivity contribution in [1.82, 2.24) is 0 Å². The number of hydrogen-bond acceptors (Lipinski definition) is 5. The monoisotopic (exact) mass is 397 g/mol. The predicted octanol–water partition coefficient (Wildman–Crippen LogP) is 3.75. The fourth-order valence-corrected chi connectivity index (χ4v) is 4.03. The number of sulfonamides is 1. The van der Waals surface area contributed by atoms with Crippen molar-refractivity contribution in [2.75, 3.05) is 32.2 Å². The number of anilines is 1. The molecule has 0 unspecified atom stereocenters. The second kappa shape index (κ2) is 8.33. The van der Waals surface area contributed by atoms with Crippen LogP contribution < -0.4 is 18.5 Å². The molecule has 0 saturated carbocycles. The van der Waals surface area contributed by atoms with Gasteiger partial charge in [-0.1, -0.05) is 17.7 Å². The molecule has 2 rings (SSSR count). The summed E-state index contributed by atoms with van der Waals surface area (Å²) in [5.41, 5.74) is 0.315. The van der Waals surface area contributed by atoms with Gasteiger partial charge in [0.15, 0.2) is 11.5 Å². The molecule has 0 aliphatic carbocycles. The van der Waals surface area contributed by atoms with Crippen molar-refractivity contribution >= 4 is 27.3 Å². The maximum Gasteiger partial charge on any atom is 0.264 e. The Bertz CT molecular complexity index is 898. The van der Waals surface area contributed by atoms with Gasteiger partial charge in [0, 0.05) is 11.1 Å². The molecule has 0 aromatic heterocycles. The van der Waals surface area contributed by atoms with Crippen LogP contribution in [0.25, 0.3) is 0 Å². The molecule has 0 heterocycles. The molecule has 8 heteroatoms. The van der Waals surface area contributed by atoms with Crippen LogP contribution >= 0.6 is 11.6 Å². The van der Waals surface area contributed by atoms with Crippen molar-refractivity contribution in [1.29, 1.82) is 0 Å². The highest BCUT2D eigenvalue weighted by molar-refractivity contribution is 7.92. The number of methoxy groups -OCH3 is 3. The third kappa shape index (κ3) is 3.89. The van der Waals surface area contributed by atoms with Crippen molar-refractivity contribution < 1.29 is 22.6 Å². The first-order chi connectivity index (χ1) is 12.4. The Balaban J connectivity index is 2.63. The molecule has 2 aromatic rings. The second-order valence-electron chi connectivity index (χ2n) is 5.16. The van der Waals surface area contributed by atoms with E-state index in [9.17, 15) is 8.42 Å². The van der Waals surface area contributed by atoms with Crippen LogP contribution in [0.2, 0.25) is 5.02 Å². The summed E-state index contributed by atoms with van der Waals surface area (Å²) in [4.78, 5) is 0.0408. The zero-order valence-electron chi connectivity index (χ0n) is 14.7. The highest BCUT2D eigenvalue weighted by Crippen LogP contribution is 2.36. The van der Waals surface area contributed by atoms with Crippen molar-refractivity contribution in [3.63, 3.8) is 0 Å². The number of nitrogens with zero attached hydrogens (tertiary/aromatic N) is 1. The minimum absolute atomic E-state index is 0.0351. The van der Waals surface area contributed by atoms with Crippen molar-refractivity contribution in [3.05, 3.63) is 54.1 Å². The standard InChI is InChI=1S/C18H20ClNO5S/c1-5-10-20(15-11-13(19)6-8-16(15)23-2)26(21,22)14-7-9-17(24-3)18(12-14)25-4/h5-9,11-12H,1,10H2,2-4H3. The molecule has 0 spiro atoms. The van der Waals surface area contributed by atoms with Gasteiger partial charge in [-0.25, -0.2) is 8.42 Å². The van der Waals surface area contributed by atoms with Gasteiger partial charge >= 0.3 is 0 Å². The normalized spacial score (nSPS) is 10.9. The lowest BCUT2D eigenvalue weighted by molar-refractivity contribution is 0.354. The van der Waals surface area contributed by atoms with E-state index in [2.05, 4.69) is 6.58 Å². The molecule has 0 aliphatic heterocycles. The first-order valence-corrected chi connectivity index (χ1v) is 9.40. The molecule has 0 N–H and O–H groups in total. The molecule has 0 amide bonds. The van der Waals surface area contributed by atoms with E-state index in [1.807, 2.05) is 0 Å². The van der Waals surface area contributed by atoms with Crippen molar-refractivity contribution in [2.24, 2.45) is 0 Å². The summed E-state index contributed by atoms with van der Waals surface area (Å²) in [6, 6.07) is 9.15. The summed E-state index contributed by atoms with van der Waals surface area (Å²) in [7, 11) is 0.444. The molecule has 0 saturated heterocycles. The Morgan fingerprint density at radius 2 is 1.62 bits per heavy atom. The van der Waals surface area contributed by atoms with E-state index in [1.54, 1.807) is 12.1 Å². The van der Waals surface area contributed by atoms with E-state index in [4.69, 9.17) is 25.8 Å². The summed E-state index contributed by atoms with van der Waals surface area (Å²) in [5, 5.41) is 0.386. The lowest BCUT2D eigenvalue weighted by atomic mass is 10.3. The number of hydrogen-bond donors (Lipinski definition) is 0. The maximum atomic E-state index is 13.3. The van der Waals surface area contributed by atoms with E-state index in [1.165, 1.54) is 56.0 Å². The molecule has 0 radical (unpaired) electrons. The maximum absolute atomic E-state index is 13.3. The van der Waals surface area contributed by atoms with E-state index in [0.717, 1.165) is 0 Å². The predicted molar refractivity (Wildman–Crippen MR) is 102 cm³/mol. The summed E-state index contributed by atoms with van der Waals surface area (Å²) in [6.07, 6.45) is 1.48. The van der Waals surface area contributed by atoms with Gasteiger partial charge in [-0.3, -0.25) is 4.31 Å². The van der Waals surface area contributed by atoms with Gasteiger partial charge in [-0.15, -0.1) is 6.58 Å². The summed E-state index contributed by atoms with van der Waals surface area (Å²) in [6.45, 7) is 3.68. The van der Waals surface area contributed by atoms with Crippen molar-refractivity contribution in [2.45, 2.75) is 4.90 Å². The van der Waals surface area contributed by atoms with Crippen LogP contribution in [0.5, 0.6) is 17.2 Å². The minimum atomic E-state index is -3.94. The third-order valence-corrected chi connectivity index (χ3v) is 5.66. The Hall–Kier alpha value is -2.38. The average molecular weight is 398 g/mol. The van der Waals surface area contributed by atoms with Crippen LogP contribution in [0.3, 0.4) is 0 Å². The van der Waals surface area contributed by atoms with Gasteiger partial charge in [-0.2, -0.15) is 0 Å². The fourth-order valence-electron chi connectivity index (χ4n) is 2.41. The molecule has 26 heavy (non-hydrogen) atoms. The lowest BCUT2D eigenvalue weighted by Crippen LogP contribution is -2.31. The smallest absolute Gasteiger partial charge is 0.264 e. The number of halogens is 1. The molecule has 0 aliphatic rings. The minimum Gasteiger partial charge on any atom is -0.495 e. The third-order valence-electron chi connectivity index (χ3n) is 3.65. The fraction of sp³-hybridized carbons (Fsp3) is 0.222. The summed E-state index contributed by atoms with van der Waals surface area (Å²) in [5.74, 6) is 1.12. The van der Waals surface area contributed by atoms with Gasteiger partial charge in [0.05, 0.1) is 38.5 Å². The van der Waals surface area contributed by atoms with Gasteiger partial charge < -0.3 is 14.2 Å². The molecule has 0 atom stereocenters. The van der Waals surface area contributed by atoms with E-state index in [0.29, 0.717) is 28.0 Å². The van der Waals surface area contributed by atoms with Gasteiger partial charge in [-0.05, 0) is 30.3 Å². The lowest BCUT2D eigenvalue weighted by Gasteiger charge is -2.25. The first-order valence-electron chi connectivity index (χ1n) is 7.58. The largest absolute Gasteiger partial charge is 0.495 e. The SMILES string of the molecule is C=CCN(c1cc(Cl)ccc1OC)S(=O)(=O)c1ccc(OC)c(OC)c1. The molecule has 0 fully saturated rings. The number of benzene rings is 2. The highest BCUT2D eigenvalue weighted by Gasteiger charge is 2.28. The topological polar surface area (TPSA) is 65.1 Å². The van der Waals surface area contributed by atoms with Crippen LogP contribution in [-0.4, -0.2) is 36.3 Å². The molecule has 2 aromatic carbocycles. The van der Waals surface area contributed by atoms with Crippen LogP contribution in [0.1, 0.15) is 0 Å². The Labute approximate surface area is 158 Å². The molecule has 6 nitrogen and oxygen atoms in total. The Morgan fingerprint density at radius 3 is 2.19 bits per heavy atom. The summed E-state index contributed by atoms with van der Waals surface area (Å²) >= 11 is 6.06. The number of ether oxygens (including phenoxy) is 3. The Morgan fingerprint density at radius 1 is 1.00 bits per heavy atom. The second-order valence-corrected chi connectivity index (χ2v) is 7.46. The molecular formula is C18H20ClNO5S. The molecular weight excluding hydrogens is 378 g/mol. The average Bonchev–Trinajstić information content (AvgIpc) is 2.65. The van der Waals surface area contributed by atoms with Gasteiger partial charge in [0.2, 0.25) is 0 Å². The van der Waals surface area contributed by atoms with Crippen LogP contribution in [0.4, 0.5) is 5.69 Å². The molecule has 140 valence electrons. The van der Waals surface area contributed by atoms with E-state index < -0.39 is 10.0 Å². The van der Waals surface area contributed by atoms with Crippen LogP contribution in [0, 0.1) is 0 Å². The quantitative estimate of drug-likeness (QED) is 0.635. The zero-order chi connectivity index (χ0) is 19.3. The summed E-state index contributed by atoms with van der Waals surface area (Å²) < 4.78 is 43.3. The van der Waals surface area contributed by atoms with Crippen LogP contribution in [-0.2, 0) is 10.0 Å². The molecule has 0 bridgehead atoms. The highest BCUT2D eigenvalue weighted by atomic mass is 35.5. The van der Waals surface area contributed by atoms with E-state index >= 15 is 0 Å².